The first-order chi connectivity index (χ1) is 17.9. The molecule has 3 aromatic carbocycles. The predicted molar refractivity (Wildman–Crippen MR) is 145 cm³/mol. The number of carbonyl (C=O) groups excluding carboxylic acids is 1. The number of hydrogen-bond acceptors (Lipinski definition) is 6. The topological polar surface area (TPSA) is 103 Å². The van der Waals surface area contributed by atoms with Gasteiger partial charge in [0.05, 0.1) is 16.9 Å². The minimum absolute atomic E-state index is 0.00217. The third kappa shape index (κ3) is 6.24. The van der Waals surface area contributed by atoms with Crippen LogP contribution in [0.25, 0.3) is 5.69 Å². The van der Waals surface area contributed by atoms with Crippen molar-refractivity contribution in [3.8, 4) is 5.69 Å². The molecular weight excluding hydrogens is 486 g/mol. The summed E-state index contributed by atoms with van der Waals surface area (Å²) in [7, 11) is 0. The standard InChI is InChI=1S/C28H29N5O3S/c1-4-25(22-11-6-5-7-12-22)27(34)29-20(3)26-30-31-28(37-18-21-10-8-9-19(2)17-21)32(26)23-13-15-24(16-14-23)33(35)36/h5-17,20,25H,4,18H2,1-3H3,(H,29,34). The molecule has 0 aliphatic carbocycles. The lowest BCUT2D eigenvalue weighted by Gasteiger charge is -2.20. The van der Waals surface area contributed by atoms with Gasteiger partial charge in [0.25, 0.3) is 5.69 Å². The highest BCUT2D eigenvalue weighted by Gasteiger charge is 2.25. The molecule has 4 aromatic rings. The molecule has 190 valence electrons. The first-order valence-corrected chi connectivity index (χ1v) is 13.1. The third-order valence-corrected chi connectivity index (χ3v) is 7.10. The van der Waals surface area contributed by atoms with Crippen LogP contribution in [0.1, 0.15) is 54.7 Å². The summed E-state index contributed by atoms with van der Waals surface area (Å²) in [6.45, 7) is 5.91. The lowest BCUT2D eigenvalue weighted by molar-refractivity contribution is -0.384. The van der Waals surface area contributed by atoms with Gasteiger partial charge in [-0.3, -0.25) is 19.5 Å². The molecule has 2 unspecified atom stereocenters. The summed E-state index contributed by atoms with van der Waals surface area (Å²) in [5, 5.41) is 23.8. The van der Waals surface area contributed by atoms with E-state index in [1.807, 2.05) is 54.8 Å². The number of non-ortho nitro benzene ring substituents is 1. The van der Waals surface area contributed by atoms with Gasteiger partial charge in [-0.05, 0) is 43.5 Å². The van der Waals surface area contributed by atoms with Gasteiger partial charge in [-0.1, -0.05) is 78.8 Å². The maximum Gasteiger partial charge on any atom is 0.269 e. The summed E-state index contributed by atoms with van der Waals surface area (Å²) < 4.78 is 1.86. The summed E-state index contributed by atoms with van der Waals surface area (Å²) in [6.07, 6.45) is 0.662. The number of aromatic nitrogens is 3. The number of nitro benzene ring substituents is 1. The van der Waals surface area contributed by atoms with E-state index in [9.17, 15) is 14.9 Å². The molecule has 0 spiro atoms. The lowest BCUT2D eigenvalue weighted by atomic mass is 9.95. The lowest BCUT2D eigenvalue weighted by Crippen LogP contribution is -2.32. The Bertz CT molecular complexity index is 1370. The van der Waals surface area contributed by atoms with Crippen molar-refractivity contribution in [3.05, 3.63) is 111 Å². The summed E-state index contributed by atoms with van der Waals surface area (Å²) in [5.41, 5.74) is 3.98. The van der Waals surface area contributed by atoms with E-state index in [-0.39, 0.29) is 17.5 Å². The summed E-state index contributed by atoms with van der Waals surface area (Å²) >= 11 is 1.52. The molecule has 2 atom stereocenters. The van der Waals surface area contributed by atoms with E-state index >= 15 is 0 Å². The van der Waals surface area contributed by atoms with Crippen LogP contribution in [0.3, 0.4) is 0 Å². The molecule has 8 nitrogen and oxygen atoms in total. The van der Waals surface area contributed by atoms with E-state index in [0.717, 1.165) is 11.1 Å². The zero-order valence-corrected chi connectivity index (χ0v) is 21.8. The second-order valence-electron chi connectivity index (χ2n) is 8.83. The zero-order chi connectivity index (χ0) is 26.4. The van der Waals surface area contributed by atoms with E-state index in [1.165, 1.54) is 29.5 Å². The van der Waals surface area contributed by atoms with E-state index in [2.05, 4.69) is 40.6 Å². The van der Waals surface area contributed by atoms with Crippen LogP contribution in [0.4, 0.5) is 5.69 Å². The molecule has 1 aromatic heterocycles. The molecule has 1 heterocycles. The molecule has 4 rings (SSSR count). The smallest absolute Gasteiger partial charge is 0.269 e. The number of rotatable bonds is 10. The average molecular weight is 516 g/mol. The predicted octanol–water partition coefficient (Wildman–Crippen LogP) is 6.15. The molecule has 9 heteroatoms. The SMILES string of the molecule is CCC(C(=O)NC(C)c1nnc(SCc2cccc(C)c2)n1-c1ccc([N+](=O)[O-])cc1)c1ccccc1. The largest absolute Gasteiger partial charge is 0.346 e. The molecule has 0 bridgehead atoms. The Hall–Kier alpha value is -3.98. The van der Waals surface area contributed by atoms with Crippen LogP contribution < -0.4 is 5.32 Å². The summed E-state index contributed by atoms with van der Waals surface area (Å²) in [5.74, 6) is 0.860. The van der Waals surface area contributed by atoms with Gasteiger partial charge in [-0.25, -0.2) is 0 Å². The number of nitrogens with zero attached hydrogens (tertiary/aromatic N) is 4. The highest BCUT2D eigenvalue weighted by Crippen LogP contribution is 2.29. The molecule has 1 amide bonds. The highest BCUT2D eigenvalue weighted by molar-refractivity contribution is 7.98. The van der Waals surface area contributed by atoms with Crippen molar-refractivity contribution in [2.75, 3.05) is 0 Å². The Labute approximate surface area is 220 Å². The van der Waals surface area contributed by atoms with Crippen molar-refractivity contribution in [2.24, 2.45) is 0 Å². The van der Waals surface area contributed by atoms with Gasteiger partial charge in [-0.15, -0.1) is 10.2 Å². The normalized spacial score (nSPS) is 12.6. The van der Waals surface area contributed by atoms with Crippen molar-refractivity contribution < 1.29 is 9.72 Å². The third-order valence-electron chi connectivity index (χ3n) is 6.10. The van der Waals surface area contributed by atoms with Crippen molar-refractivity contribution in [1.82, 2.24) is 20.1 Å². The Morgan fingerprint density at radius 1 is 1.05 bits per heavy atom. The number of thioether (sulfide) groups is 1. The maximum absolute atomic E-state index is 13.2. The van der Waals surface area contributed by atoms with Gasteiger partial charge in [0.2, 0.25) is 5.91 Å². The van der Waals surface area contributed by atoms with Crippen molar-refractivity contribution in [1.29, 1.82) is 0 Å². The van der Waals surface area contributed by atoms with Crippen LogP contribution >= 0.6 is 11.8 Å². The minimum atomic E-state index is -0.443. The number of nitrogens with one attached hydrogen (secondary N) is 1. The Morgan fingerprint density at radius 3 is 2.43 bits per heavy atom. The van der Waals surface area contributed by atoms with Gasteiger partial charge >= 0.3 is 0 Å². The molecule has 0 saturated carbocycles. The molecule has 0 radical (unpaired) electrons. The van der Waals surface area contributed by atoms with Crippen LogP contribution in [0, 0.1) is 17.0 Å². The quantitative estimate of drug-likeness (QED) is 0.154. The van der Waals surface area contributed by atoms with E-state index in [1.54, 1.807) is 12.1 Å². The van der Waals surface area contributed by atoms with E-state index in [4.69, 9.17) is 0 Å². The number of nitro groups is 1. The number of benzene rings is 3. The highest BCUT2D eigenvalue weighted by atomic mass is 32.2. The Morgan fingerprint density at radius 2 is 1.78 bits per heavy atom. The van der Waals surface area contributed by atoms with Gasteiger partial charge < -0.3 is 5.32 Å². The van der Waals surface area contributed by atoms with Crippen molar-refractivity contribution in [2.45, 2.75) is 50.1 Å². The second-order valence-corrected chi connectivity index (χ2v) is 9.77. The first-order valence-electron chi connectivity index (χ1n) is 12.1. The second kappa shape index (κ2) is 11.8. The van der Waals surface area contributed by atoms with Crippen LogP contribution in [0.15, 0.2) is 84.0 Å². The monoisotopic (exact) mass is 515 g/mol. The molecule has 37 heavy (non-hydrogen) atoms. The molecule has 0 aliphatic rings. The molecule has 0 saturated heterocycles. The van der Waals surface area contributed by atoms with Crippen LogP contribution in [-0.2, 0) is 10.5 Å². The van der Waals surface area contributed by atoms with Crippen LogP contribution in [0.5, 0.6) is 0 Å². The number of hydrogen-bond donors (Lipinski definition) is 1. The maximum atomic E-state index is 13.2. The zero-order valence-electron chi connectivity index (χ0n) is 21.0. The van der Waals surface area contributed by atoms with E-state index in [0.29, 0.717) is 28.8 Å². The van der Waals surface area contributed by atoms with Crippen LogP contribution in [-0.4, -0.2) is 25.6 Å². The molecule has 0 aliphatic heterocycles. The molecule has 0 fully saturated rings. The summed E-state index contributed by atoms with van der Waals surface area (Å²) in [6, 6.07) is 23.8. The van der Waals surface area contributed by atoms with Gasteiger partial charge in [0.15, 0.2) is 11.0 Å². The van der Waals surface area contributed by atoms with E-state index < -0.39 is 11.0 Å². The summed E-state index contributed by atoms with van der Waals surface area (Å²) in [4.78, 5) is 24.0. The number of amides is 1. The van der Waals surface area contributed by atoms with Gasteiger partial charge in [0, 0.05) is 23.6 Å². The number of carbonyl (C=O) groups is 1. The minimum Gasteiger partial charge on any atom is -0.346 e. The Balaban J connectivity index is 1.63. The fraction of sp³-hybridized carbons (Fsp3) is 0.250. The Kier molecular flexibility index (Phi) is 8.35. The molecular formula is C28H29N5O3S. The first kappa shape index (κ1) is 26.1. The van der Waals surface area contributed by atoms with Gasteiger partial charge in [-0.2, -0.15) is 0 Å². The average Bonchev–Trinajstić information content (AvgIpc) is 3.33. The fourth-order valence-corrected chi connectivity index (χ4v) is 5.11. The van der Waals surface area contributed by atoms with Gasteiger partial charge in [0.1, 0.15) is 0 Å². The molecule has 1 N–H and O–H groups in total. The fourth-order valence-electron chi connectivity index (χ4n) is 4.21. The van der Waals surface area contributed by atoms with Crippen molar-refractivity contribution >= 4 is 23.4 Å². The van der Waals surface area contributed by atoms with Crippen LogP contribution in [0.2, 0.25) is 0 Å². The number of aryl methyl sites for hydroxylation is 1. The van der Waals surface area contributed by atoms with Crippen molar-refractivity contribution in [3.63, 3.8) is 0 Å².